The first-order valence-electron chi connectivity index (χ1n) is 7.54. The molecule has 0 N–H and O–H groups in total. The summed E-state index contributed by atoms with van der Waals surface area (Å²) in [6.45, 7) is 8.34. The maximum atomic E-state index is 5.87. The van der Waals surface area contributed by atoms with Crippen molar-refractivity contribution >= 4 is 32.7 Å². The molecular weight excluding hydrogens is 340 g/mol. The van der Waals surface area contributed by atoms with Crippen molar-refractivity contribution in [3.05, 3.63) is 46.4 Å². The van der Waals surface area contributed by atoms with Gasteiger partial charge in [-0.1, -0.05) is 6.07 Å². The maximum Gasteiger partial charge on any atom is 0.227 e. The minimum atomic E-state index is 0.660. The van der Waals surface area contributed by atoms with Crippen molar-refractivity contribution in [1.82, 2.24) is 4.98 Å². The number of fused-ring (bicyclic) bond motifs is 1. The normalized spacial score (nSPS) is 11.1. The van der Waals surface area contributed by atoms with E-state index < -0.39 is 0 Å². The topological polar surface area (TPSA) is 29.3 Å². The molecule has 0 atom stereocenters. The van der Waals surface area contributed by atoms with Crippen LogP contribution in [0.2, 0.25) is 0 Å². The van der Waals surface area contributed by atoms with Gasteiger partial charge in [0.2, 0.25) is 5.89 Å². The van der Waals surface area contributed by atoms with E-state index in [-0.39, 0.29) is 0 Å². The second kappa shape index (κ2) is 6.13. The van der Waals surface area contributed by atoms with Gasteiger partial charge in [0.15, 0.2) is 5.58 Å². The minimum Gasteiger partial charge on any atom is -0.436 e. The molecule has 2 aromatic carbocycles. The largest absolute Gasteiger partial charge is 0.436 e. The van der Waals surface area contributed by atoms with E-state index in [0.29, 0.717) is 5.89 Å². The lowest BCUT2D eigenvalue weighted by atomic mass is 10.2. The van der Waals surface area contributed by atoms with E-state index >= 15 is 0 Å². The third-order valence-electron chi connectivity index (χ3n) is 3.84. The highest BCUT2D eigenvalue weighted by molar-refractivity contribution is 9.10. The fourth-order valence-corrected chi connectivity index (χ4v) is 3.25. The minimum absolute atomic E-state index is 0.660. The Labute approximate surface area is 139 Å². The fraction of sp³-hybridized carbons (Fsp3) is 0.278. The number of anilines is 1. The summed E-state index contributed by atoms with van der Waals surface area (Å²) in [5, 5.41) is 0. The summed E-state index contributed by atoms with van der Waals surface area (Å²) < 4.78 is 6.93. The molecule has 0 amide bonds. The van der Waals surface area contributed by atoms with Gasteiger partial charge < -0.3 is 9.32 Å². The number of aryl methyl sites for hydroxylation is 1. The van der Waals surface area contributed by atoms with Crippen LogP contribution in [0, 0.1) is 6.92 Å². The molecule has 0 aliphatic heterocycles. The van der Waals surface area contributed by atoms with E-state index in [1.165, 1.54) is 11.3 Å². The van der Waals surface area contributed by atoms with Gasteiger partial charge in [-0.2, -0.15) is 0 Å². The molecule has 0 aliphatic rings. The third-order valence-corrected chi connectivity index (χ3v) is 4.48. The second-order valence-corrected chi connectivity index (χ2v) is 6.18. The van der Waals surface area contributed by atoms with Gasteiger partial charge in [-0.3, -0.25) is 0 Å². The third kappa shape index (κ3) is 2.75. The van der Waals surface area contributed by atoms with Gasteiger partial charge in [-0.05, 0) is 72.6 Å². The van der Waals surface area contributed by atoms with E-state index in [0.717, 1.165) is 34.2 Å². The number of rotatable bonds is 4. The van der Waals surface area contributed by atoms with Crippen LogP contribution in [0.3, 0.4) is 0 Å². The molecule has 3 nitrogen and oxygen atoms in total. The standard InChI is InChI=1S/C18H19BrN2O/c1-4-21(5-2)16-8-7-13(11-14(16)19)18-20-15-10-12(3)6-9-17(15)22-18/h6-11H,4-5H2,1-3H3. The quantitative estimate of drug-likeness (QED) is 0.624. The fourth-order valence-electron chi connectivity index (χ4n) is 2.62. The number of aromatic nitrogens is 1. The molecule has 0 spiro atoms. The van der Waals surface area contributed by atoms with Crippen molar-refractivity contribution in [2.24, 2.45) is 0 Å². The first-order chi connectivity index (χ1) is 10.6. The average molecular weight is 359 g/mol. The zero-order valence-corrected chi connectivity index (χ0v) is 14.6. The van der Waals surface area contributed by atoms with Gasteiger partial charge in [0, 0.05) is 23.1 Å². The predicted molar refractivity (Wildman–Crippen MR) is 95.4 cm³/mol. The Morgan fingerprint density at radius 2 is 1.86 bits per heavy atom. The first kappa shape index (κ1) is 15.1. The van der Waals surface area contributed by atoms with Crippen LogP contribution >= 0.6 is 15.9 Å². The lowest BCUT2D eigenvalue weighted by Gasteiger charge is -2.22. The van der Waals surface area contributed by atoms with Gasteiger partial charge in [-0.25, -0.2) is 4.98 Å². The summed E-state index contributed by atoms with van der Waals surface area (Å²) in [6, 6.07) is 12.3. The number of hydrogen-bond donors (Lipinski definition) is 0. The zero-order chi connectivity index (χ0) is 15.7. The smallest absolute Gasteiger partial charge is 0.227 e. The second-order valence-electron chi connectivity index (χ2n) is 5.33. The van der Waals surface area contributed by atoms with Crippen LogP contribution in [0.15, 0.2) is 45.3 Å². The van der Waals surface area contributed by atoms with E-state index in [1.54, 1.807) is 0 Å². The van der Waals surface area contributed by atoms with Crippen molar-refractivity contribution in [2.75, 3.05) is 18.0 Å². The Morgan fingerprint density at radius 1 is 1.09 bits per heavy atom. The molecule has 0 radical (unpaired) electrons. The number of halogens is 1. The molecule has 0 bridgehead atoms. The maximum absolute atomic E-state index is 5.87. The van der Waals surface area contributed by atoms with Gasteiger partial charge >= 0.3 is 0 Å². The summed E-state index contributed by atoms with van der Waals surface area (Å²) in [4.78, 5) is 6.91. The monoisotopic (exact) mass is 358 g/mol. The highest BCUT2D eigenvalue weighted by Crippen LogP contribution is 2.32. The number of oxazole rings is 1. The Kier molecular flexibility index (Phi) is 4.21. The molecule has 1 heterocycles. The van der Waals surface area contributed by atoms with Crippen molar-refractivity contribution in [1.29, 1.82) is 0 Å². The summed E-state index contributed by atoms with van der Waals surface area (Å²) in [6.07, 6.45) is 0. The van der Waals surface area contributed by atoms with Crippen LogP contribution < -0.4 is 4.90 Å². The molecule has 4 heteroatoms. The first-order valence-corrected chi connectivity index (χ1v) is 8.33. The van der Waals surface area contributed by atoms with E-state index in [4.69, 9.17) is 4.42 Å². The van der Waals surface area contributed by atoms with Crippen molar-refractivity contribution in [3.8, 4) is 11.5 Å². The molecule has 0 aliphatic carbocycles. The predicted octanol–water partition coefficient (Wildman–Crippen LogP) is 5.41. The van der Waals surface area contributed by atoms with Crippen molar-refractivity contribution in [2.45, 2.75) is 20.8 Å². The summed E-state index contributed by atoms with van der Waals surface area (Å²) in [5.74, 6) is 0.660. The molecule has 114 valence electrons. The summed E-state index contributed by atoms with van der Waals surface area (Å²) in [5.41, 5.74) is 5.09. The van der Waals surface area contributed by atoms with Crippen LogP contribution in [0.5, 0.6) is 0 Å². The highest BCUT2D eigenvalue weighted by Gasteiger charge is 2.12. The highest BCUT2D eigenvalue weighted by atomic mass is 79.9. The van der Waals surface area contributed by atoms with E-state index in [1.807, 2.05) is 18.2 Å². The van der Waals surface area contributed by atoms with Gasteiger partial charge in [0.1, 0.15) is 5.52 Å². The van der Waals surface area contributed by atoms with Gasteiger partial charge in [-0.15, -0.1) is 0 Å². The lowest BCUT2D eigenvalue weighted by Crippen LogP contribution is -2.22. The molecule has 0 fully saturated rings. The summed E-state index contributed by atoms with van der Waals surface area (Å²) >= 11 is 3.67. The molecule has 1 aromatic heterocycles. The van der Waals surface area contributed by atoms with Crippen molar-refractivity contribution in [3.63, 3.8) is 0 Å². The Balaban J connectivity index is 2.02. The lowest BCUT2D eigenvalue weighted by molar-refractivity contribution is 0.620. The molecule has 3 rings (SSSR count). The van der Waals surface area contributed by atoms with Gasteiger partial charge in [0.25, 0.3) is 0 Å². The van der Waals surface area contributed by atoms with Crippen LogP contribution in [0.4, 0.5) is 5.69 Å². The number of nitrogens with zero attached hydrogens (tertiary/aromatic N) is 2. The molecule has 0 unspecified atom stereocenters. The summed E-state index contributed by atoms with van der Waals surface area (Å²) in [7, 11) is 0. The van der Waals surface area contributed by atoms with Crippen LogP contribution in [-0.2, 0) is 0 Å². The Bertz CT molecular complexity index is 806. The zero-order valence-electron chi connectivity index (χ0n) is 13.1. The number of benzene rings is 2. The Hall–Kier alpha value is -1.81. The SMILES string of the molecule is CCN(CC)c1ccc(-c2nc3cc(C)ccc3o2)cc1Br. The van der Waals surface area contributed by atoms with Crippen molar-refractivity contribution < 1.29 is 4.42 Å². The molecule has 0 saturated carbocycles. The molecule has 3 aromatic rings. The van der Waals surface area contributed by atoms with Gasteiger partial charge in [0.05, 0.1) is 5.69 Å². The van der Waals surface area contributed by atoms with Crippen LogP contribution in [0.25, 0.3) is 22.6 Å². The molecule has 0 saturated heterocycles. The Morgan fingerprint density at radius 3 is 2.55 bits per heavy atom. The van der Waals surface area contributed by atoms with E-state index in [2.05, 4.69) is 64.8 Å². The van der Waals surface area contributed by atoms with E-state index in [9.17, 15) is 0 Å². The van der Waals surface area contributed by atoms with Crippen LogP contribution in [0.1, 0.15) is 19.4 Å². The number of hydrogen-bond acceptors (Lipinski definition) is 3. The average Bonchev–Trinajstić information content (AvgIpc) is 2.93. The molecular formula is C18H19BrN2O. The van der Waals surface area contributed by atoms with Crippen LogP contribution in [-0.4, -0.2) is 18.1 Å². The molecule has 22 heavy (non-hydrogen) atoms.